The number of halogens is 3. The summed E-state index contributed by atoms with van der Waals surface area (Å²) in [6.07, 6.45) is 4.60. The molecular weight excluding hydrogens is 479 g/mol. The second-order valence-electron chi connectivity index (χ2n) is 8.75. The quantitative estimate of drug-likeness (QED) is 0.283. The minimum Gasteiger partial charge on any atom is -0.419 e. The molecule has 0 saturated heterocycles. The highest BCUT2D eigenvalue weighted by Gasteiger charge is 2.28. The van der Waals surface area contributed by atoms with E-state index in [0.29, 0.717) is 50.1 Å². The van der Waals surface area contributed by atoms with Gasteiger partial charge in [0.05, 0.1) is 16.4 Å². The van der Waals surface area contributed by atoms with Gasteiger partial charge in [-0.3, -0.25) is 0 Å². The molecule has 0 radical (unpaired) electrons. The van der Waals surface area contributed by atoms with Crippen LogP contribution in [0.4, 0.5) is 0 Å². The molecule has 2 aromatic carbocycles. The van der Waals surface area contributed by atoms with Crippen LogP contribution in [0.25, 0.3) is 28.5 Å². The van der Waals surface area contributed by atoms with Gasteiger partial charge in [-0.25, -0.2) is 4.68 Å². The van der Waals surface area contributed by atoms with Gasteiger partial charge < -0.3 is 4.42 Å². The Bertz CT molecular complexity index is 1300. The molecule has 33 heavy (non-hydrogen) atoms. The van der Waals surface area contributed by atoms with Crippen molar-refractivity contribution in [1.29, 1.82) is 0 Å². The summed E-state index contributed by atoms with van der Waals surface area (Å²) in [6.45, 7) is 4.28. The van der Waals surface area contributed by atoms with E-state index in [2.05, 4.69) is 17.1 Å². The van der Waals surface area contributed by atoms with Gasteiger partial charge in [-0.15, -0.1) is 10.2 Å². The monoisotopic (exact) mass is 500 g/mol. The molecule has 2 unspecified atom stereocenters. The topological polar surface area (TPSA) is 56.7 Å². The molecule has 0 N–H and O–H groups in total. The average Bonchev–Trinajstić information content (AvgIpc) is 3.40. The third kappa shape index (κ3) is 4.42. The van der Waals surface area contributed by atoms with Crippen LogP contribution in [0.1, 0.15) is 50.0 Å². The standard InChI is InChI=1S/C25H23Cl3N4O/c1-14-4-3-5-17(12-14)24-29-30-25(33-24)22-15(2)23(16-6-8-18(26)9-7-16)32(31-22)21-11-10-19(27)13-20(21)28/h6-11,13-14,17H,3-5,12H2,1-2H3. The maximum Gasteiger partial charge on any atom is 0.268 e. The minimum absolute atomic E-state index is 0.304. The number of hydrogen-bond donors (Lipinski definition) is 0. The van der Waals surface area contributed by atoms with Gasteiger partial charge in [0, 0.05) is 27.1 Å². The third-order valence-electron chi connectivity index (χ3n) is 6.31. The van der Waals surface area contributed by atoms with Gasteiger partial charge in [0.2, 0.25) is 5.89 Å². The smallest absolute Gasteiger partial charge is 0.268 e. The van der Waals surface area contributed by atoms with Crippen molar-refractivity contribution in [3.05, 3.63) is 69.0 Å². The molecule has 8 heteroatoms. The molecule has 1 fully saturated rings. The van der Waals surface area contributed by atoms with Crippen molar-refractivity contribution < 1.29 is 4.42 Å². The molecular formula is C25H23Cl3N4O. The fourth-order valence-corrected chi connectivity index (χ4v) is 5.24. The Morgan fingerprint density at radius 3 is 2.45 bits per heavy atom. The van der Waals surface area contributed by atoms with Crippen molar-refractivity contribution in [1.82, 2.24) is 20.0 Å². The van der Waals surface area contributed by atoms with E-state index in [4.69, 9.17) is 44.3 Å². The summed E-state index contributed by atoms with van der Waals surface area (Å²) in [4.78, 5) is 0. The van der Waals surface area contributed by atoms with E-state index in [9.17, 15) is 0 Å². The first-order valence-electron chi connectivity index (χ1n) is 11.1. The molecule has 5 rings (SSSR count). The number of benzene rings is 2. The molecule has 0 spiro atoms. The first kappa shape index (κ1) is 22.5. The van der Waals surface area contributed by atoms with Crippen LogP contribution in [0.5, 0.6) is 0 Å². The summed E-state index contributed by atoms with van der Waals surface area (Å²) in [5.41, 5.74) is 4.07. The Balaban J connectivity index is 1.63. The Hall–Kier alpha value is -2.34. The van der Waals surface area contributed by atoms with Crippen LogP contribution in [0.2, 0.25) is 15.1 Å². The van der Waals surface area contributed by atoms with E-state index in [0.717, 1.165) is 29.7 Å². The Labute approximate surface area is 207 Å². The van der Waals surface area contributed by atoms with E-state index in [1.54, 1.807) is 16.8 Å². The number of rotatable bonds is 4. The lowest BCUT2D eigenvalue weighted by atomic mass is 9.82. The normalized spacial score (nSPS) is 18.6. The third-order valence-corrected chi connectivity index (χ3v) is 7.10. The van der Waals surface area contributed by atoms with Gasteiger partial charge in [0.25, 0.3) is 5.89 Å². The van der Waals surface area contributed by atoms with Crippen LogP contribution in [0.15, 0.2) is 46.9 Å². The van der Waals surface area contributed by atoms with E-state index in [-0.39, 0.29) is 0 Å². The van der Waals surface area contributed by atoms with Crippen LogP contribution in [-0.4, -0.2) is 20.0 Å². The zero-order chi connectivity index (χ0) is 23.1. The lowest BCUT2D eigenvalue weighted by Crippen LogP contribution is -2.11. The zero-order valence-corrected chi connectivity index (χ0v) is 20.6. The van der Waals surface area contributed by atoms with Gasteiger partial charge >= 0.3 is 0 Å². The van der Waals surface area contributed by atoms with E-state index in [1.807, 2.05) is 37.3 Å². The fourth-order valence-electron chi connectivity index (χ4n) is 4.63. The number of nitrogens with zero attached hydrogens (tertiary/aromatic N) is 4. The molecule has 2 heterocycles. The molecule has 5 nitrogen and oxygen atoms in total. The lowest BCUT2D eigenvalue weighted by Gasteiger charge is -2.23. The Morgan fingerprint density at radius 1 is 0.970 bits per heavy atom. The van der Waals surface area contributed by atoms with Crippen molar-refractivity contribution in [3.8, 4) is 28.5 Å². The van der Waals surface area contributed by atoms with Crippen LogP contribution < -0.4 is 0 Å². The molecule has 4 aromatic rings. The maximum absolute atomic E-state index is 6.56. The Morgan fingerprint density at radius 2 is 1.73 bits per heavy atom. The van der Waals surface area contributed by atoms with Crippen LogP contribution in [0.3, 0.4) is 0 Å². The fraction of sp³-hybridized carbons (Fsp3) is 0.320. The molecule has 2 atom stereocenters. The highest BCUT2D eigenvalue weighted by atomic mass is 35.5. The maximum atomic E-state index is 6.56. The SMILES string of the molecule is Cc1c(-c2nnc(C3CCCC(C)C3)o2)nn(-c2ccc(Cl)cc2Cl)c1-c1ccc(Cl)cc1. The van der Waals surface area contributed by atoms with Crippen molar-refractivity contribution >= 4 is 34.8 Å². The van der Waals surface area contributed by atoms with E-state index < -0.39 is 0 Å². The van der Waals surface area contributed by atoms with Crippen LogP contribution in [0, 0.1) is 12.8 Å². The summed E-state index contributed by atoms with van der Waals surface area (Å²) in [7, 11) is 0. The average molecular weight is 502 g/mol. The molecule has 0 aliphatic heterocycles. The molecule has 170 valence electrons. The van der Waals surface area contributed by atoms with Crippen LogP contribution in [-0.2, 0) is 0 Å². The molecule has 1 aliphatic rings. The summed E-state index contributed by atoms with van der Waals surface area (Å²) in [5.74, 6) is 2.09. The van der Waals surface area contributed by atoms with Gasteiger partial charge in [0.15, 0.2) is 5.69 Å². The largest absolute Gasteiger partial charge is 0.419 e. The number of hydrogen-bond acceptors (Lipinski definition) is 4. The van der Waals surface area contributed by atoms with Crippen molar-refractivity contribution in [2.75, 3.05) is 0 Å². The van der Waals surface area contributed by atoms with Crippen molar-refractivity contribution in [2.45, 2.75) is 45.4 Å². The lowest BCUT2D eigenvalue weighted by molar-refractivity contribution is 0.303. The summed E-state index contributed by atoms with van der Waals surface area (Å²) < 4.78 is 7.98. The molecule has 0 bridgehead atoms. The highest BCUT2D eigenvalue weighted by Crippen LogP contribution is 2.39. The Kier molecular flexibility index (Phi) is 6.21. The highest BCUT2D eigenvalue weighted by molar-refractivity contribution is 6.35. The van der Waals surface area contributed by atoms with E-state index >= 15 is 0 Å². The first-order valence-corrected chi connectivity index (χ1v) is 12.2. The summed E-state index contributed by atoms with van der Waals surface area (Å²) in [5, 5.41) is 15.4. The van der Waals surface area contributed by atoms with Crippen LogP contribution >= 0.6 is 34.8 Å². The van der Waals surface area contributed by atoms with Gasteiger partial charge in [0.1, 0.15) is 0 Å². The predicted octanol–water partition coefficient (Wildman–Crippen LogP) is 8.15. The molecule has 1 saturated carbocycles. The predicted molar refractivity (Wildman–Crippen MR) is 132 cm³/mol. The molecule has 1 aliphatic carbocycles. The second kappa shape index (κ2) is 9.13. The second-order valence-corrected chi connectivity index (χ2v) is 10.0. The summed E-state index contributed by atoms with van der Waals surface area (Å²) >= 11 is 18.8. The minimum atomic E-state index is 0.304. The first-order chi connectivity index (χ1) is 15.9. The van der Waals surface area contributed by atoms with Gasteiger partial charge in [-0.05, 0) is 56.0 Å². The van der Waals surface area contributed by atoms with Gasteiger partial charge in [-0.1, -0.05) is 66.7 Å². The summed E-state index contributed by atoms with van der Waals surface area (Å²) in [6, 6.07) is 13.0. The van der Waals surface area contributed by atoms with Gasteiger partial charge in [-0.2, -0.15) is 5.10 Å². The molecule has 0 amide bonds. The number of aromatic nitrogens is 4. The van der Waals surface area contributed by atoms with Crippen molar-refractivity contribution in [2.24, 2.45) is 5.92 Å². The molecule has 2 aromatic heterocycles. The van der Waals surface area contributed by atoms with E-state index in [1.165, 1.54) is 12.8 Å². The zero-order valence-electron chi connectivity index (χ0n) is 18.4. The van der Waals surface area contributed by atoms with Crippen molar-refractivity contribution in [3.63, 3.8) is 0 Å².